The van der Waals surface area contributed by atoms with Crippen molar-refractivity contribution in [3.05, 3.63) is 41.6 Å². The minimum absolute atomic E-state index is 0.0237. The highest BCUT2D eigenvalue weighted by atomic mass is 19.1. The van der Waals surface area contributed by atoms with Gasteiger partial charge < -0.3 is 19.7 Å². The number of nitrogens with zero attached hydrogens (tertiary/aromatic N) is 5. The Balaban J connectivity index is 1.53. The van der Waals surface area contributed by atoms with Gasteiger partial charge in [0.1, 0.15) is 24.1 Å². The SMILES string of the molecule is O=C1NC[C@H](F)COc2ncc(F)cc2CN2c3nc4c1cnn4cc3O[C@H]1CCC[C@H]12. The summed E-state index contributed by atoms with van der Waals surface area (Å²) in [4.78, 5) is 23.5. The normalized spacial score (nSPS) is 24.9. The first-order valence-electron chi connectivity index (χ1n) is 10.6. The van der Waals surface area contributed by atoms with E-state index in [1.807, 2.05) is 4.90 Å². The molecule has 2 bridgehead atoms. The van der Waals surface area contributed by atoms with Gasteiger partial charge in [-0.2, -0.15) is 5.10 Å². The summed E-state index contributed by atoms with van der Waals surface area (Å²) < 4.78 is 41.8. The molecule has 0 radical (unpaired) electrons. The smallest absolute Gasteiger partial charge is 0.256 e. The molecule has 1 amide bonds. The highest BCUT2D eigenvalue weighted by Crippen LogP contribution is 2.42. The molecule has 2 aliphatic heterocycles. The van der Waals surface area contributed by atoms with E-state index in [9.17, 15) is 13.6 Å². The van der Waals surface area contributed by atoms with Crippen molar-refractivity contribution in [3.63, 3.8) is 0 Å². The quantitative estimate of drug-likeness (QED) is 0.570. The number of aromatic nitrogens is 4. The molecule has 1 fully saturated rings. The van der Waals surface area contributed by atoms with Crippen LogP contribution in [-0.2, 0) is 6.54 Å². The molecule has 3 aromatic heterocycles. The molecule has 11 heteroatoms. The predicted molar refractivity (Wildman–Crippen MR) is 108 cm³/mol. The summed E-state index contributed by atoms with van der Waals surface area (Å²) in [6, 6.07) is 1.38. The second-order valence-electron chi connectivity index (χ2n) is 8.27. The van der Waals surface area contributed by atoms with E-state index in [0.717, 1.165) is 25.5 Å². The summed E-state index contributed by atoms with van der Waals surface area (Å²) in [6.07, 6.45) is 5.39. The third kappa shape index (κ3) is 3.10. The van der Waals surface area contributed by atoms with Crippen LogP contribution in [0.5, 0.6) is 11.6 Å². The van der Waals surface area contributed by atoms with E-state index in [1.54, 1.807) is 6.20 Å². The summed E-state index contributed by atoms with van der Waals surface area (Å²) in [5.41, 5.74) is 1.07. The third-order valence-corrected chi connectivity index (χ3v) is 6.17. The Labute approximate surface area is 181 Å². The lowest BCUT2D eigenvalue weighted by molar-refractivity contribution is 0.0932. The van der Waals surface area contributed by atoms with Crippen LogP contribution in [0.15, 0.2) is 24.7 Å². The maximum atomic E-state index is 14.4. The van der Waals surface area contributed by atoms with Gasteiger partial charge in [-0.05, 0) is 25.3 Å². The van der Waals surface area contributed by atoms with Crippen molar-refractivity contribution < 1.29 is 23.0 Å². The maximum absolute atomic E-state index is 14.4. The third-order valence-electron chi connectivity index (χ3n) is 6.17. The lowest BCUT2D eigenvalue weighted by atomic mass is 10.1. The van der Waals surface area contributed by atoms with Gasteiger partial charge in [0, 0.05) is 5.56 Å². The van der Waals surface area contributed by atoms with E-state index in [-0.39, 0.29) is 43.3 Å². The molecule has 3 aliphatic rings. The summed E-state index contributed by atoms with van der Waals surface area (Å²) in [6.45, 7) is -0.316. The lowest BCUT2D eigenvalue weighted by Gasteiger charge is -2.39. The number of hydrogen-bond acceptors (Lipinski definition) is 7. The molecular weight excluding hydrogens is 422 g/mol. The van der Waals surface area contributed by atoms with Crippen molar-refractivity contribution >= 4 is 17.4 Å². The van der Waals surface area contributed by atoms with Gasteiger partial charge in [-0.25, -0.2) is 23.3 Å². The molecule has 9 nitrogen and oxygen atoms in total. The molecule has 1 N–H and O–H groups in total. The van der Waals surface area contributed by atoms with Crippen molar-refractivity contribution in [2.45, 2.75) is 44.1 Å². The second kappa shape index (κ2) is 7.28. The maximum Gasteiger partial charge on any atom is 0.256 e. The van der Waals surface area contributed by atoms with Crippen LogP contribution in [0.25, 0.3) is 5.65 Å². The van der Waals surface area contributed by atoms with Crippen molar-refractivity contribution in [1.82, 2.24) is 24.9 Å². The summed E-state index contributed by atoms with van der Waals surface area (Å²) >= 11 is 0. The van der Waals surface area contributed by atoms with E-state index in [2.05, 4.69) is 15.4 Å². The van der Waals surface area contributed by atoms with Crippen LogP contribution in [0.1, 0.15) is 35.2 Å². The largest absolute Gasteiger partial charge is 0.483 e. The molecule has 5 heterocycles. The lowest BCUT2D eigenvalue weighted by Crippen LogP contribution is -2.47. The highest BCUT2D eigenvalue weighted by molar-refractivity contribution is 5.99. The van der Waals surface area contributed by atoms with Crippen LogP contribution in [-0.4, -0.2) is 57.0 Å². The average Bonchev–Trinajstić information content (AvgIpc) is 3.41. The fraction of sp³-hybridized carbons (Fsp3) is 0.429. The van der Waals surface area contributed by atoms with Crippen molar-refractivity contribution in [3.8, 4) is 11.6 Å². The minimum Gasteiger partial charge on any atom is -0.483 e. The number of ether oxygens (including phenoxy) is 2. The first-order valence-corrected chi connectivity index (χ1v) is 10.6. The van der Waals surface area contributed by atoms with Crippen LogP contribution in [0.2, 0.25) is 0 Å². The molecule has 3 atom stereocenters. The molecule has 0 saturated heterocycles. The minimum atomic E-state index is -1.47. The van der Waals surface area contributed by atoms with E-state index in [0.29, 0.717) is 22.8 Å². The van der Waals surface area contributed by atoms with Crippen molar-refractivity contribution in [2.24, 2.45) is 0 Å². The summed E-state index contributed by atoms with van der Waals surface area (Å²) in [5, 5.41) is 6.78. The molecule has 3 aromatic rings. The number of nitrogens with one attached hydrogen (secondary N) is 1. The number of carbonyl (C=O) groups is 1. The fourth-order valence-corrected chi connectivity index (χ4v) is 4.67. The van der Waals surface area contributed by atoms with Crippen molar-refractivity contribution in [2.75, 3.05) is 18.1 Å². The molecular formula is C21H20F2N6O3. The Bertz CT molecular complexity index is 1220. The molecule has 0 unspecified atom stereocenters. The molecule has 6 rings (SSSR count). The zero-order valence-electron chi connectivity index (χ0n) is 17.0. The number of fused-ring (bicyclic) bond motifs is 3. The Hall–Kier alpha value is -3.50. The highest BCUT2D eigenvalue weighted by Gasteiger charge is 2.41. The van der Waals surface area contributed by atoms with Gasteiger partial charge in [0.15, 0.2) is 23.4 Å². The van der Waals surface area contributed by atoms with Gasteiger partial charge in [-0.15, -0.1) is 0 Å². The Morgan fingerprint density at radius 1 is 1.25 bits per heavy atom. The van der Waals surface area contributed by atoms with Crippen LogP contribution in [0, 0.1) is 5.82 Å². The summed E-state index contributed by atoms with van der Waals surface area (Å²) in [7, 11) is 0. The molecule has 0 aromatic carbocycles. The topological polar surface area (TPSA) is 93.9 Å². The number of halogens is 2. The Morgan fingerprint density at radius 3 is 3.06 bits per heavy atom. The fourth-order valence-electron chi connectivity index (χ4n) is 4.67. The molecule has 166 valence electrons. The predicted octanol–water partition coefficient (Wildman–Crippen LogP) is 2.04. The average molecular weight is 442 g/mol. The standard InChI is InChI=1S/C21H20F2N6O3/c22-12-4-11-8-28-15-2-1-3-16(15)32-17-9-29-18(27-19(17)28)14(7-26-29)20(30)24-6-13(23)10-31-21(11)25-5-12/h4-5,7,9,13,15-16H,1-3,6,8,10H2,(H,24,30)/t13-,15+,16-/m0/s1. The van der Waals surface area contributed by atoms with E-state index in [1.165, 1.54) is 16.8 Å². The molecule has 1 aliphatic carbocycles. The van der Waals surface area contributed by atoms with E-state index in [4.69, 9.17) is 14.5 Å². The first-order chi connectivity index (χ1) is 15.6. The van der Waals surface area contributed by atoms with Gasteiger partial charge in [0.05, 0.1) is 37.7 Å². The van der Waals surface area contributed by atoms with Gasteiger partial charge in [0.25, 0.3) is 5.91 Å². The van der Waals surface area contributed by atoms with Gasteiger partial charge in [0.2, 0.25) is 5.88 Å². The number of carbonyl (C=O) groups excluding carboxylic acids is 1. The molecule has 32 heavy (non-hydrogen) atoms. The number of anilines is 1. The molecule has 1 saturated carbocycles. The number of pyridine rings is 1. The van der Waals surface area contributed by atoms with Gasteiger partial charge in [-0.1, -0.05) is 0 Å². The van der Waals surface area contributed by atoms with Crippen LogP contribution >= 0.6 is 0 Å². The van der Waals surface area contributed by atoms with E-state index >= 15 is 0 Å². The Morgan fingerprint density at radius 2 is 2.16 bits per heavy atom. The van der Waals surface area contributed by atoms with E-state index < -0.39 is 17.9 Å². The van der Waals surface area contributed by atoms with Crippen LogP contribution in [0.3, 0.4) is 0 Å². The van der Waals surface area contributed by atoms with Crippen LogP contribution in [0.4, 0.5) is 14.6 Å². The monoisotopic (exact) mass is 442 g/mol. The zero-order valence-corrected chi connectivity index (χ0v) is 17.0. The van der Waals surface area contributed by atoms with Gasteiger partial charge >= 0.3 is 0 Å². The number of rotatable bonds is 0. The number of alkyl halides is 1. The molecule has 0 spiro atoms. The van der Waals surface area contributed by atoms with Gasteiger partial charge in [-0.3, -0.25) is 4.79 Å². The number of amides is 1. The zero-order chi connectivity index (χ0) is 21.8. The summed E-state index contributed by atoms with van der Waals surface area (Å²) in [5.74, 6) is 0.265. The van der Waals surface area contributed by atoms with Crippen LogP contribution < -0.4 is 19.7 Å². The Kier molecular flexibility index (Phi) is 4.37. The first kappa shape index (κ1) is 19.2. The second-order valence-corrected chi connectivity index (χ2v) is 8.27. The van der Waals surface area contributed by atoms with Crippen molar-refractivity contribution in [1.29, 1.82) is 0 Å². The number of hydrogen-bond donors (Lipinski definition) is 1.